The zero-order chi connectivity index (χ0) is 20.3. The summed E-state index contributed by atoms with van der Waals surface area (Å²) in [4.78, 5) is 0. The summed E-state index contributed by atoms with van der Waals surface area (Å²) >= 11 is 0. The molecule has 0 amide bonds. The molecule has 146 valence electrons. The van der Waals surface area contributed by atoms with Crippen LogP contribution in [0.2, 0.25) is 0 Å². The van der Waals surface area contributed by atoms with Gasteiger partial charge in [0.1, 0.15) is 34.4 Å². The summed E-state index contributed by atoms with van der Waals surface area (Å²) in [7, 11) is 4.45. The largest absolute Gasteiger partial charge is 0.508 e. The molecule has 2 N–H and O–H groups in total. The van der Waals surface area contributed by atoms with E-state index in [2.05, 4.69) is 0 Å². The number of phenols is 1. The van der Waals surface area contributed by atoms with Gasteiger partial charge in [0.15, 0.2) is 0 Å². The second-order valence-corrected chi connectivity index (χ2v) is 6.17. The fraction of sp³-hybridized carbons (Fsp3) is 0.182. The molecule has 1 unspecified atom stereocenters. The minimum atomic E-state index is -1.75. The number of aliphatic hydroxyl groups is 1. The third-order valence-electron chi connectivity index (χ3n) is 4.64. The van der Waals surface area contributed by atoms with Crippen molar-refractivity contribution in [2.24, 2.45) is 0 Å². The van der Waals surface area contributed by atoms with Crippen LogP contribution in [0.25, 0.3) is 0 Å². The van der Waals surface area contributed by atoms with E-state index < -0.39 is 11.4 Å². The van der Waals surface area contributed by atoms with Gasteiger partial charge in [-0.05, 0) is 42.0 Å². The van der Waals surface area contributed by atoms with Gasteiger partial charge in [-0.25, -0.2) is 4.39 Å². The van der Waals surface area contributed by atoms with Crippen molar-refractivity contribution in [2.75, 3.05) is 21.3 Å². The molecule has 0 fully saturated rings. The first kappa shape index (κ1) is 19.5. The minimum Gasteiger partial charge on any atom is -0.508 e. The molecule has 0 aromatic heterocycles. The van der Waals surface area contributed by atoms with Crippen molar-refractivity contribution in [1.82, 2.24) is 0 Å². The summed E-state index contributed by atoms with van der Waals surface area (Å²) < 4.78 is 29.7. The number of halogens is 1. The highest BCUT2D eigenvalue weighted by molar-refractivity contribution is 5.58. The van der Waals surface area contributed by atoms with Crippen LogP contribution in [-0.2, 0) is 5.60 Å². The maximum absolute atomic E-state index is 13.5. The van der Waals surface area contributed by atoms with E-state index in [1.807, 2.05) is 0 Å². The van der Waals surface area contributed by atoms with Crippen molar-refractivity contribution in [3.8, 4) is 23.0 Å². The molecular formula is C22H21FO5. The number of phenolic OH excluding ortho intramolecular Hbond substituents is 1. The van der Waals surface area contributed by atoms with Crippen LogP contribution in [-0.4, -0.2) is 31.5 Å². The quantitative estimate of drug-likeness (QED) is 0.632. The average Bonchev–Trinajstić information content (AvgIpc) is 2.73. The van der Waals surface area contributed by atoms with E-state index >= 15 is 0 Å². The zero-order valence-corrected chi connectivity index (χ0v) is 15.8. The molecule has 6 heteroatoms. The Morgan fingerprint density at radius 3 is 1.89 bits per heavy atom. The van der Waals surface area contributed by atoms with Crippen LogP contribution < -0.4 is 14.2 Å². The first-order chi connectivity index (χ1) is 13.4. The summed E-state index contributed by atoms with van der Waals surface area (Å²) in [6.45, 7) is 0. The Morgan fingerprint density at radius 2 is 1.32 bits per heavy atom. The van der Waals surface area contributed by atoms with E-state index in [9.17, 15) is 14.6 Å². The standard InChI is InChI=1S/C22H21FO5/c1-26-17-9-11-19(21(13-17)28-3)22(25,14-4-6-15(23)7-5-14)18-10-8-16(24)12-20(18)27-2/h4-13,24-25H,1-3H3. The third kappa shape index (κ3) is 3.34. The topological polar surface area (TPSA) is 68.2 Å². The molecule has 3 rings (SSSR count). The lowest BCUT2D eigenvalue weighted by molar-refractivity contribution is 0.118. The maximum Gasteiger partial charge on any atom is 0.147 e. The Labute approximate surface area is 162 Å². The molecule has 0 heterocycles. The highest BCUT2D eigenvalue weighted by atomic mass is 19.1. The monoisotopic (exact) mass is 384 g/mol. The van der Waals surface area contributed by atoms with Crippen molar-refractivity contribution in [2.45, 2.75) is 5.60 Å². The average molecular weight is 384 g/mol. The Morgan fingerprint density at radius 1 is 0.750 bits per heavy atom. The Bertz CT molecular complexity index is 971. The molecule has 5 nitrogen and oxygen atoms in total. The Kier molecular flexibility index (Phi) is 5.42. The first-order valence-electron chi connectivity index (χ1n) is 8.52. The minimum absolute atomic E-state index is 0.0104. The van der Waals surface area contributed by atoms with Gasteiger partial charge in [-0.1, -0.05) is 12.1 Å². The second kappa shape index (κ2) is 7.78. The van der Waals surface area contributed by atoms with Gasteiger partial charge in [-0.15, -0.1) is 0 Å². The van der Waals surface area contributed by atoms with E-state index in [0.717, 1.165) is 0 Å². The van der Waals surface area contributed by atoms with E-state index in [1.54, 1.807) is 24.3 Å². The molecule has 0 saturated carbocycles. The van der Waals surface area contributed by atoms with Crippen molar-refractivity contribution < 1.29 is 28.8 Å². The number of hydrogen-bond donors (Lipinski definition) is 2. The SMILES string of the molecule is COc1ccc(C(O)(c2ccc(F)cc2)c2ccc(O)cc2OC)c(OC)c1. The number of rotatable bonds is 6. The van der Waals surface area contributed by atoms with E-state index in [-0.39, 0.29) is 11.5 Å². The van der Waals surface area contributed by atoms with Gasteiger partial charge in [-0.3, -0.25) is 0 Å². The Balaban J connectivity index is 2.35. The van der Waals surface area contributed by atoms with Crippen molar-refractivity contribution in [3.05, 3.63) is 83.2 Å². The molecule has 0 aliphatic rings. The number of methoxy groups -OCH3 is 3. The number of hydrogen-bond acceptors (Lipinski definition) is 5. The van der Waals surface area contributed by atoms with Gasteiger partial charge >= 0.3 is 0 Å². The highest BCUT2D eigenvalue weighted by Gasteiger charge is 2.39. The summed E-state index contributed by atoms with van der Waals surface area (Å²) in [5, 5.41) is 21.8. The third-order valence-corrected chi connectivity index (χ3v) is 4.64. The molecule has 28 heavy (non-hydrogen) atoms. The van der Waals surface area contributed by atoms with Crippen LogP contribution in [0.4, 0.5) is 4.39 Å². The van der Waals surface area contributed by atoms with Gasteiger partial charge in [-0.2, -0.15) is 0 Å². The smallest absolute Gasteiger partial charge is 0.147 e. The van der Waals surface area contributed by atoms with Gasteiger partial charge in [0.25, 0.3) is 0 Å². The molecule has 3 aromatic carbocycles. The summed E-state index contributed by atoms with van der Waals surface area (Å²) in [5.74, 6) is 0.764. The highest BCUT2D eigenvalue weighted by Crippen LogP contribution is 2.46. The molecule has 0 saturated heterocycles. The maximum atomic E-state index is 13.5. The normalized spacial score (nSPS) is 12.9. The van der Waals surface area contributed by atoms with Crippen LogP contribution in [0.5, 0.6) is 23.0 Å². The predicted octanol–water partition coefficient (Wildman–Crippen LogP) is 3.84. The molecule has 0 bridgehead atoms. The lowest BCUT2D eigenvalue weighted by Crippen LogP contribution is -2.30. The van der Waals surface area contributed by atoms with Crippen molar-refractivity contribution in [1.29, 1.82) is 0 Å². The molecule has 0 aliphatic heterocycles. The number of benzene rings is 3. The van der Waals surface area contributed by atoms with Crippen LogP contribution in [0.15, 0.2) is 60.7 Å². The van der Waals surface area contributed by atoms with Crippen LogP contribution in [0.3, 0.4) is 0 Å². The lowest BCUT2D eigenvalue weighted by Gasteiger charge is -2.32. The zero-order valence-electron chi connectivity index (χ0n) is 15.8. The van der Waals surface area contributed by atoms with Crippen LogP contribution >= 0.6 is 0 Å². The molecule has 3 aromatic rings. The van der Waals surface area contributed by atoms with E-state index in [4.69, 9.17) is 14.2 Å². The van der Waals surface area contributed by atoms with Crippen LogP contribution in [0.1, 0.15) is 16.7 Å². The van der Waals surface area contributed by atoms with Gasteiger partial charge in [0.05, 0.1) is 21.3 Å². The summed E-state index contributed by atoms with van der Waals surface area (Å²) in [5.41, 5.74) is -0.569. The summed E-state index contributed by atoms with van der Waals surface area (Å²) in [6.07, 6.45) is 0. The molecule has 0 aliphatic carbocycles. The van der Waals surface area contributed by atoms with Crippen LogP contribution in [0, 0.1) is 5.82 Å². The van der Waals surface area contributed by atoms with E-state index in [1.165, 1.54) is 57.7 Å². The summed E-state index contributed by atoms with van der Waals surface area (Å²) in [6, 6.07) is 14.9. The first-order valence-corrected chi connectivity index (χ1v) is 8.52. The molecule has 0 spiro atoms. The van der Waals surface area contributed by atoms with E-state index in [0.29, 0.717) is 28.2 Å². The predicted molar refractivity (Wildman–Crippen MR) is 103 cm³/mol. The fourth-order valence-corrected chi connectivity index (χ4v) is 3.22. The molecule has 0 radical (unpaired) electrons. The van der Waals surface area contributed by atoms with Gasteiger partial charge in [0.2, 0.25) is 0 Å². The fourth-order valence-electron chi connectivity index (χ4n) is 3.22. The second-order valence-electron chi connectivity index (χ2n) is 6.17. The van der Waals surface area contributed by atoms with Gasteiger partial charge in [0, 0.05) is 23.3 Å². The molecular weight excluding hydrogens is 363 g/mol. The number of ether oxygens (including phenoxy) is 3. The van der Waals surface area contributed by atoms with Crippen molar-refractivity contribution in [3.63, 3.8) is 0 Å². The Hall–Kier alpha value is -3.25. The van der Waals surface area contributed by atoms with Gasteiger partial charge < -0.3 is 24.4 Å². The molecule has 1 atom stereocenters. The van der Waals surface area contributed by atoms with Crippen molar-refractivity contribution >= 4 is 0 Å². The number of aromatic hydroxyl groups is 1. The lowest BCUT2D eigenvalue weighted by atomic mass is 9.79.